The Balaban J connectivity index is 2.21. The molecule has 86 valence electrons. The van der Waals surface area contributed by atoms with Crippen LogP contribution in [0.3, 0.4) is 0 Å². The molecular weight excluding hydrogens is 204 g/mol. The van der Waals surface area contributed by atoms with Gasteiger partial charge in [-0.25, -0.2) is 0 Å². The highest BCUT2D eigenvalue weighted by Gasteiger charge is 2.47. The first-order valence-electron chi connectivity index (χ1n) is 5.63. The van der Waals surface area contributed by atoms with Gasteiger partial charge < -0.3 is 10.0 Å². The second kappa shape index (κ2) is 3.51. The van der Waals surface area contributed by atoms with E-state index in [-0.39, 0.29) is 28.7 Å². The van der Waals surface area contributed by atoms with Crippen molar-refractivity contribution in [1.82, 2.24) is 4.90 Å². The molecule has 1 amide bonds. The minimum atomic E-state index is -0.313. The molecule has 0 aromatic rings. The van der Waals surface area contributed by atoms with Gasteiger partial charge in [0.15, 0.2) is 5.57 Å². The minimum Gasteiger partial charge on any atom is -0.511 e. The van der Waals surface area contributed by atoms with E-state index >= 15 is 0 Å². The third kappa shape index (κ3) is 1.57. The molecule has 0 aromatic heterocycles. The van der Waals surface area contributed by atoms with Crippen LogP contribution in [0.25, 0.3) is 0 Å². The molecular formula is C12H16N2O2. The molecule has 0 radical (unpaired) electrons. The summed E-state index contributed by atoms with van der Waals surface area (Å²) in [4.78, 5) is 13.7. The summed E-state index contributed by atoms with van der Waals surface area (Å²) < 4.78 is 0. The van der Waals surface area contributed by atoms with E-state index in [4.69, 9.17) is 5.26 Å². The number of carbonyl (C=O) groups is 1. The molecule has 1 aliphatic carbocycles. The zero-order valence-electron chi connectivity index (χ0n) is 9.66. The number of carbonyl (C=O) groups excluding carboxylic acids is 1. The van der Waals surface area contributed by atoms with Gasteiger partial charge in [0.05, 0.1) is 0 Å². The summed E-state index contributed by atoms with van der Waals surface area (Å²) in [6, 6.07) is 1.95. The molecule has 0 aromatic carbocycles. The van der Waals surface area contributed by atoms with E-state index in [9.17, 15) is 9.90 Å². The van der Waals surface area contributed by atoms with Crippen LogP contribution in [0, 0.1) is 16.7 Å². The Labute approximate surface area is 95.2 Å². The first kappa shape index (κ1) is 11.0. The number of nitrogens with zero attached hydrogens (tertiary/aromatic N) is 2. The van der Waals surface area contributed by atoms with Gasteiger partial charge >= 0.3 is 0 Å². The summed E-state index contributed by atoms with van der Waals surface area (Å²) in [5.41, 5.74) is 0.130. The third-order valence-electron chi connectivity index (χ3n) is 3.98. The van der Waals surface area contributed by atoms with E-state index in [1.54, 1.807) is 11.0 Å². The maximum atomic E-state index is 12.0. The molecule has 0 saturated heterocycles. The standard InChI is InChI=1S/C12H16N2O2/c1-8(12(2)4-5-12)14-6-3-10(15)9(7-13)11(14)16/h8,15H,3-6H2,1-2H3. The average molecular weight is 220 g/mol. The molecule has 1 atom stereocenters. The molecule has 2 aliphatic rings. The fourth-order valence-electron chi connectivity index (χ4n) is 2.19. The fourth-order valence-corrected chi connectivity index (χ4v) is 2.19. The molecule has 1 fully saturated rings. The van der Waals surface area contributed by atoms with Crippen LogP contribution < -0.4 is 0 Å². The van der Waals surface area contributed by atoms with Gasteiger partial charge in [0.2, 0.25) is 0 Å². The quantitative estimate of drug-likeness (QED) is 0.771. The van der Waals surface area contributed by atoms with Gasteiger partial charge in [-0.05, 0) is 25.2 Å². The Kier molecular flexibility index (Phi) is 2.42. The van der Waals surface area contributed by atoms with Crippen LogP contribution in [0.15, 0.2) is 11.3 Å². The van der Waals surface area contributed by atoms with Gasteiger partial charge in [0, 0.05) is 19.0 Å². The molecule has 4 heteroatoms. The van der Waals surface area contributed by atoms with E-state index in [1.165, 1.54) is 0 Å². The monoisotopic (exact) mass is 220 g/mol. The van der Waals surface area contributed by atoms with Crippen LogP contribution in [0.2, 0.25) is 0 Å². The maximum absolute atomic E-state index is 12.0. The molecule has 1 heterocycles. The smallest absolute Gasteiger partial charge is 0.268 e. The van der Waals surface area contributed by atoms with Crippen molar-refractivity contribution in [2.45, 2.75) is 39.2 Å². The van der Waals surface area contributed by atoms with Crippen LogP contribution in [0.1, 0.15) is 33.1 Å². The first-order chi connectivity index (χ1) is 7.49. The normalized spacial score (nSPS) is 25.3. The van der Waals surface area contributed by atoms with Crippen molar-refractivity contribution in [2.75, 3.05) is 6.54 Å². The second-order valence-corrected chi connectivity index (χ2v) is 5.01. The van der Waals surface area contributed by atoms with Gasteiger partial charge in [0.1, 0.15) is 11.8 Å². The number of aliphatic hydroxyl groups excluding tert-OH is 1. The molecule has 0 spiro atoms. The van der Waals surface area contributed by atoms with Gasteiger partial charge in [-0.2, -0.15) is 5.26 Å². The van der Waals surface area contributed by atoms with Crippen molar-refractivity contribution >= 4 is 5.91 Å². The average Bonchev–Trinajstić information content (AvgIpc) is 2.98. The Bertz CT molecular complexity index is 402. The molecule has 1 N–H and O–H groups in total. The Morgan fingerprint density at radius 2 is 2.19 bits per heavy atom. The van der Waals surface area contributed by atoms with Crippen molar-refractivity contribution in [3.05, 3.63) is 11.3 Å². The molecule has 0 bridgehead atoms. The second-order valence-electron chi connectivity index (χ2n) is 5.01. The number of rotatable bonds is 2. The van der Waals surface area contributed by atoms with Gasteiger partial charge in [-0.3, -0.25) is 4.79 Å². The highest BCUT2D eigenvalue weighted by molar-refractivity contribution is 5.98. The summed E-state index contributed by atoms with van der Waals surface area (Å²) in [5.74, 6) is -0.372. The summed E-state index contributed by atoms with van der Waals surface area (Å²) in [6.07, 6.45) is 2.67. The topological polar surface area (TPSA) is 64.3 Å². The van der Waals surface area contributed by atoms with Crippen molar-refractivity contribution < 1.29 is 9.90 Å². The summed E-state index contributed by atoms with van der Waals surface area (Å²) in [6.45, 7) is 4.71. The van der Waals surface area contributed by atoms with Crippen molar-refractivity contribution in [3.63, 3.8) is 0 Å². The highest BCUT2D eigenvalue weighted by atomic mass is 16.3. The SMILES string of the molecule is CC(N1CCC(O)=C(C#N)C1=O)C1(C)CC1. The Hall–Kier alpha value is -1.50. The van der Waals surface area contributed by atoms with E-state index in [0.717, 1.165) is 12.8 Å². The summed E-state index contributed by atoms with van der Waals surface area (Å²) in [7, 11) is 0. The lowest BCUT2D eigenvalue weighted by Gasteiger charge is -2.35. The zero-order chi connectivity index (χ0) is 11.9. The van der Waals surface area contributed by atoms with Gasteiger partial charge in [-0.15, -0.1) is 0 Å². The number of hydrogen-bond acceptors (Lipinski definition) is 3. The molecule has 1 aliphatic heterocycles. The summed E-state index contributed by atoms with van der Waals surface area (Å²) in [5, 5.41) is 18.3. The van der Waals surface area contributed by atoms with Gasteiger partial charge in [0.25, 0.3) is 5.91 Å². The highest BCUT2D eigenvalue weighted by Crippen LogP contribution is 2.50. The molecule has 2 rings (SSSR count). The lowest BCUT2D eigenvalue weighted by molar-refractivity contribution is -0.131. The number of aliphatic hydroxyl groups is 1. The van der Waals surface area contributed by atoms with Crippen LogP contribution in [0.5, 0.6) is 0 Å². The van der Waals surface area contributed by atoms with Crippen LogP contribution in [-0.4, -0.2) is 28.5 Å². The molecule has 1 saturated carbocycles. The maximum Gasteiger partial charge on any atom is 0.268 e. The van der Waals surface area contributed by atoms with Crippen LogP contribution >= 0.6 is 0 Å². The van der Waals surface area contributed by atoms with E-state index < -0.39 is 0 Å². The Morgan fingerprint density at radius 3 is 2.69 bits per heavy atom. The van der Waals surface area contributed by atoms with Crippen LogP contribution in [0.4, 0.5) is 0 Å². The number of nitriles is 1. The number of amides is 1. The molecule has 4 nitrogen and oxygen atoms in total. The molecule has 1 unspecified atom stereocenters. The first-order valence-corrected chi connectivity index (χ1v) is 5.63. The van der Waals surface area contributed by atoms with Crippen LogP contribution in [-0.2, 0) is 4.79 Å². The predicted molar refractivity (Wildman–Crippen MR) is 58.4 cm³/mol. The largest absolute Gasteiger partial charge is 0.511 e. The molecule has 16 heavy (non-hydrogen) atoms. The fraction of sp³-hybridized carbons (Fsp3) is 0.667. The van der Waals surface area contributed by atoms with E-state index in [0.29, 0.717) is 13.0 Å². The van der Waals surface area contributed by atoms with Gasteiger partial charge in [-0.1, -0.05) is 6.92 Å². The summed E-state index contributed by atoms with van der Waals surface area (Å²) >= 11 is 0. The van der Waals surface area contributed by atoms with Crippen molar-refractivity contribution in [2.24, 2.45) is 5.41 Å². The minimum absolute atomic E-state index is 0.0584. The lowest BCUT2D eigenvalue weighted by Crippen LogP contribution is -2.46. The third-order valence-corrected chi connectivity index (χ3v) is 3.98. The van der Waals surface area contributed by atoms with E-state index in [2.05, 4.69) is 6.92 Å². The zero-order valence-corrected chi connectivity index (χ0v) is 9.66. The lowest BCUT2D eigenvalue weighted by atomic mass is 9.96. The van der Waals surface area contributed by atoms with Crippen molar-refractivity contribution in [1.29, 1.82) is 5.26 Å². The predicted octanol–water partition coefficient (Wildman–Crippen LogP) is 1.74. The Morgan fingerprint density at radius 1 is 1.56 bits per heavy atom. The van der Waals surface area contributed by atoms with E-state index in [1.807, 2.05) is 6.92 Å². The van der Waals surface area contributed by atoms with Crippen molar-refractivity contribution in [3.8, 4) is 6.07 Å². The number of hydrogen-bond donors (Lipinski definition) is 1.